The zero-order valence-corrected chi connectivity index (χ0v) is 20.6. The molecule has 204 valence electrons. The topological polar surface area (TPSA) is 78.3 Å². The first-order chi connectivity index (χ1) is 18.2. The minimum absolute atomic E-state index is 0.0697. The van der Waals surface area contributed by atoms with Crippen molar-refractivity contribution >= 4 is 11.6 Å². The fourth-order valence-corrected chi connectivity index (χ4v) is 4.54. The molecule has 3 aromatic rings. The summed E-state index contributed by atoms with van der Waals surface area (Å²) in [7, 11) is 0. The Morgan fingerprint density at radius 3 is 2.23 bits per heavy atom. The third-order valence-electron chi connectivity index (χ3n) is 6.27. The SMILES string of the molecule is CC(C)(N[C@@H]1C[C@H](c2cccc(C#N)c2)N(c2ccc(OC(F)(F)F)cc2)C1=O)c1cccc(C(F)(F)F)n1. The first-order valence-electron chi connectivity index (χ1n) is 11.7. The number of hydrogen-bond acceptors (Lipinski definition) is 5. The predicted molar refractivity (Wildman–Crippen MR) is 128 cm³/mol. The number of aromatic nitrogens is 1. The summed E-state index contributed by atoms with van der Waals surface area (Å²) >= 11 is 0. The Hall–Kier alpha value is -4.11. The van der Waals surface area contributed by atoms with Crippen LogP contribution in [0, 0.1) is 11.3 Å². The Morgan fingerprint density at radius 2 is 1.62 bits per heavy atom. The molecule has 1 aliphatic rings. The number of benzene rings is 2. The number of carbonyl (C=O) groups is 1. The van der Waals surface area contributed by atoms with Crippen molar-refractivity contribution in [3.8, 4) is 11.8 Å². The number of nitriles is 1. The molecule has 0 bridgehead atoms. The van der Waals surface area contributed by atoms with Gasteiger partial charge in [0.25, 0.3) is 0 Å². The van der Waals surface area contributed by atoms with Crippen molar-refractivity contribution in [1.82, 2.24) is 10.3 Å². The van der Waals surface area contributed by atoms with E-state index in [-0.39, 0.29) is 17.8 Å². The highest BCUT2D eigenvalue weighted by atomic mass is 19.4. The van der Waals surface area contributed by atoms with E-state index in [1.165, 1.54) is 29.2 Å². The molecule has 12 heteroatoms. The molecule has 0 spiro atoms. The van der Waals surface area contributed by atoms with E-state index < -0.39 is 47.5 Å². The molecule has 1 aromatic heterocycles. The zero-order valence-electron chi connectivity index (χ0n) is 20.6. The molecular weight excluding hydrogens is 526 g/mol. The quantitative estimate of drug-likeness (QED) is 0.369. The van der Waals surface area contributed by atoms with E-state index in [9.17, 15) is 36.4 Å². The zero-order chi connectivity index (χ0) is 28.6. The molecule has 0 unspecified atom stereocenters. The lowest BCUT2D eigenvalue weighted by Crippen LogP contribution is -2.48. The maximum absolute atomic E-state index is 13.7. The van der Waals surface area contributed by atoms with Crippen molar-refractivity contribution in [2.24, 2.45) is 0 Å². The van der Waals surface area contributed by atoms with Crippen LogP contribution in [0.3, 0.4) is 0 Å². The average molecular weight is 548 g/mol. The van der Waals surface area contributed by atoms with Crippen molar-refractivity contribution in [3.63, 3.8) is 0 Å². The highest BCUT2D eigenvalue weighted by molar-refractivity contribution is 6.00. The molecule has 2 heterocycles. The minimum atomic E-state index is -4.89. The summed E-state index contributed by atoms with van der Waals surface area (Å²) in [6, 6.07) is 15.4. The van der Waals surface area contributed by atoms with E-state index in [0.29, 0.717) is 11.1 Å². The van der Waals surface area contributed by atoms with Gasteiger partial charge in [-0.25, -0.2) is 4.98 Å². The second-order valence-electron chi connectivity index (χ2n) is 9.47. The molecule has 1 fully saturated rings. The molecule has 4 rings (SSSR count). The van der Waals surface area contributed by atoms with E-state index >= 15 is 0 Å². The summed E-state index contributed by atoms with van der Waals surface area (Å²) in [5.41, 5.74) is -0.930. The second-order valence-corrected chi connectivity index (χ2v) is 9.47. The van der Waals surface area contributed by atoms with Gasteiger partial charge in [-0.1, -0.05) is 18.2 Å². The first kappa shape index (κ1) is 27.9. The van der Waals surface area contributed by atoms with E-state index in [1.807, 2.05) is 6.07 Å². The molecular formula is C27H22F6N4O2. The summed E-state index contributed by atoms with van der Waals surface area (Å²) in [6.07, 6.45) is -9.37. The molecule has 2 atom stereocenters. The van der Waals surface area contributed by atoms with Crippen molar-refractivity contribution in [2.75, 3.05) is 4.90 Å². The molecule has 39 heavy (non-hydrogen) atoms. The monoisotopic (exact) mass is 548 g/mol. The normalized spacial score (nSPS) is 18.2. The number of halogens is 6. The number of pyridine rings is 1. The van der Waals surface area contributed by atoms with E-state index in [2.05, 4.69) is 15.0 Å². The van der Waals surface area contributed by atoms with E-state index in [0.717, 1.165) is 18.2 Å². The second kappa shape index (κ2) is 10.2. The summed E-state index contributed by atoms with van der Waals surface area (Å²) in [4.78, 5) is 18.8. The number of hydrogen-bond donors (Lipinski definition) is 1. The summed E-state index contributed by atoms with van der Waals surface area (Å²) in [5, 5.41) is 12.4. The van der Waals surface area contributed by atoms with Crippen molar-refractivity contribution in [3.05, 3.63) is 89.2 Å². The number of amides is 1. The number of rotatable bonds is 6. The average Bonchev–Trinajstić information content (AvgIpc) is 3.18. The van der Waals surface area contributed by atoms with Gasteiger partial charge in [-0.05, 0) is 74.4 Å². The molecule has 1 N–H and O–H groups in total. The van der Waals surface area contributed by atoms with Crippen LogP contribution >= 0.6 is 0 Å². The third kappa shape index (κ3) is 6.31. The first-order valence-corrected chi connectivity index (χ1v) is 11.7. The van der Waals surface area contributed by atoms with Crippen LogP contribution in [0.1, 0.15) is 48.8 Å². The lowest BCUT2D eigenvalue weighted by Gasteiger charge is -2.29. The maximum Gasteiger partial charge on any atom is 0.573 e. The smallest absolute Gasteiger partial charge is 0.406 e. The van der Waals surface area contributed by atoms with Crippen LogP contribution in [0.2, 0.25) is 0 Å². The molecule has 1 amide bonds. The van der Waals surface area contributed by atoms with Crippen LogP contribution in [-0.4, -0.2) is 23.3 Å². The van der Waals surface area contributed by atoms with E-state index in [1.54, 1.807) is 38.1 Å². The third-order valence-corrected chi connectivity index (χ3v) is 6.27. The Morgan fingerprint density at radius 1 is 0.974 bits per heavy atom. The Kier molecular flexibility index (Phi) is 7.32. The Bertz CT molecular complexity index is 1400. The molecule has 0 radical (unpaired) electrons. The van der Waals surface area contributed by atoms with Crippen molar-refractivity contribution in [2.45, 2.75) is 50.4 Å². The highest BCUT2D eigenvalue weighted by Crippen LogP contribution is 2.40. The molecule has 2 aromatic carbocycles. The molecule has 0 saturated carbocycles. The van der Waals surface area contributed by atoms with Crippen LogP contribution in [0.15, 0.2) is 66.7 Å². The highest BCUT2D eigenvalue weighted by Gasteiger charge is 2.44. The number of nitrogens with zero attached hydrogens (tertiary/aromatic N) is 3. The van der Waals surface area contributed by atoms with Gasteiger partial charge in [-0.15, -0.1) is 13.2 Å². The van der Waals surface area contributed by atoms with Gasteiger partial charge in [0, 0.05) is 5.69 Å². The van der Waals surface area contributed by atoms with Gasteiger partial charge in [0.15, 0.2) is 0 Å². The maximum atomic E-state index is 13.7. The van der Waals surface area contributed by atoms with Crippen LogP contribution < -0.4 is 15.0 Å². The van der Waals surface area contributed by atoms with Crippen LogP contribution in [0.4, 0.5) is 32.0 Å². The fraction of sp³-hybridized carbons (Fsp3) is 0.296. The number of ether oxygens (including phenoxy) is 1. The number of nitrogens with one attached hydrogen (secondary N) is 1. The molecule has 1 saturated heterocycles. The molecule has 6 nitrogen and oxygen atoms in total. The van der Waals surface area contributed by atoms with E-state index in [4.69, 9.17) is 0 Å². The van der Waals surface area contributed by atoms with Crippen LogP contribution in [-0.2, 0) is 16.5 Å². The Balaban J connectivity index is 1.68. The lowest BCUT2D eigenvalue weighted by molar-refractivity contribution is -0.274. The number of alkyl halides is 6. The fourth-order valence-electron chi connectivity index (χ4n) is 4.54. The van der Waals surface area contributed by atoms with Crippen molar-refractivity contribution < 1.29 is 35.9 Å². The van der Waals surface area contributed by atoms with Crippen LogP contribution in [0.5, 0.6) is 5.75 Å². The summed E-state index contributed by atoms with van der Waals surface area (Å²) in [5.74, 6) is -0.917. The number of anilines is 1. The number of carbonyl (C=O) groups excluding carboxylic acids is 1. The molecule has 0 aliphatic carbocycles. The van der Waals surface area contributed by atoms with Gasteiger partial charge in [-0.2, -0.15) is 18.4 Å². The van der Waals surface area contributed by atoms with Crippen LogP contribution in [0.25, 0.3) is 0 Å². The van der Waals surface area contributed by atoms with Crippen molar-refractivity contribution in [1.29, 1.82) is 5.26 Å². The van der Waals surface area contributed by atoms with Gasteiger partial charge in [0.05, 0.1) is 34.9 Å². The van der Waals surface area contributed by atoms with Gasteiger partial charge >= 0.3 is 12.5 Å². The summed E-state index contributed by atoms with van der Waals surface area (Å²) < 4.78 is 81.5. The van der Waals surface area contributed by atoms with Gasteiger partial charge < -0.3 is 9.64 Å². The predicted octanol–water partition coefficient (Wildman–Crippen LogP) is 6.24. The lowest BCUT2D eigenvalue weighted by atomic mass is 9.96. The van der Waals surface area contributed by atoms with Gasteiger partial charge in [0.2, 0.25) is 5.91 Å². The minimum Gasteiger partial charge on any atom is -0.406 e. The van der Waals surface area contributed by atoms with Gasteiger partial charge in [-0.3, -0.25) is 10.1 Å². The largest absolute Gasteiger partial charge is 0.573 e. The summed E-state index contributed by atoms with van der Waals surface area (Å²) in [6.45, 7) is 3.19. The Labute approximate surface area is 219 Å². The molecule has 1 aliphatic heterocycles. The standard InChI is InChI=1S/C27H22F6N4O2/c1-25(2,22-7-4-8-23(35-22)26(28,29)30)36-20-14-21(17-6-3-5-16(13-17)15-34)37(24(20)38)18-9-11-19(12-10-18)39-27(31,32)33/h3-13,20-21,36H,14H2,1-2H3/t20-,21-/m1/s1. The van der Waals surface area contributed by atoms with Gasteiger partial charge in [0.1, 0.15) is 11.4 Å².